The molecule has 0 aromatic heterocycles. The van der Waals surface area contributed by atoms with E-state index in [2.05, 4.69) is 21.2 Å². The Morgan fingerprint density at radius 2 is 1.89 bits per heavy atom. The molecule has 0 fully saturated rings. The van der Waals surface area contributed by atoms with Crippen LogP contribution in [0.5, 0.6) is 0 Å². The van der Waals surface area contributed by atoms with Crippen molar-refractivity contribution in [1.29, 1.82) is 0 Å². The van der Waals surface area contributed by atoms with Crippen LogP contribution in [0, 0.1) is 5.41 Å². The average Bonchev–Trinajstić information content (AvgIpc) is 2.27. The molecule has 0 saturated heterocycles. The van der Waals surface area contributed by atoms with E-state index in [9.17, 15) is 18.0 Å². The highest BCUT2D eigenvalue weighted by atomic mass is 79.9. The van der Waals surface area contributed by atoms with Crippen molar-refractivity contribution in [1.82, 2.24) is 0 Å². The minimum Gasteiger partial charge on any atom is -0.326 e. The Balaban J connectivity index is 3.03. The maximum absolute atomic E-state index is 12.6. The summed E-state index contributed by atoms with van der Waals surface area (Å²) in [5.74, 6) is -0.368. The largest absolute Gasteiger partial charge is 0.416 e. The molecular weight excluding hydrogens is 346 g/mol. The third-order valence-corrected chi connectivity index (χ3v) is 3.56. The summed E-state index contributed by atoms with van der Waals surface area (Å²) in [6.45, 7) is 3.22. The predicted octanol–water partition coefficient (Wildman–Crippen LogP) is 4.67. The van der Waals surface area contributed by atoms with Gasteiger partial charge in [0.2, 0.25) is 5.91 Å². The van der Waals surface area contributed by atoms with Crippen molar-refractivity contribution in [2.75, 3.05) is 11.2 Å². The number of rotatable bonds is 3. The van der Waals surface area contributed by atoms with Crippen molar-refractivity contribution in [3.63, 3.8) is 0 Å². The molecule has 0 heterocycles. The van der Waals surface area contributed by atoms with Crippen LogP contribution in [0.25, 0.3) is 0 Å². The molecule has 7 heteroatoms. The van der Waals surface area contributed by atoms with Crippen LogP contribution in [0.2, 0.25) is 0 Å². The first kappa shape index (κ1) is 16.3. The highest BCUT2D eigenvalue weighted by Gasteiger charge is 2.32. The van der Waals surface area contributed by atoms with Crippen LogP contribution in [0.1, 0.15) is 19.4 Å². The second-order valence-corrected chi connectivity index (χ2v) is 5.88. The van der Waals surface area contributed by atoms with Gasteiger partial charge in [0.1, 0.15) is 0 Å². The van der Waals surface area contributed by atoms with Crippen LogP contribution in [-0.2, 0) is 11.0 Å². The van der Waals surface area contributed by atoms with Gasteiger partial charge in [-0.05, 0) is 32.0 Å². The number of halogens is 5. The summed E-state index contributed by atoms with van der Waals surface area (Å²) in [4.78, 5) is 11.8. The number of anilines is 1. The molecule has 1 aromatic rings. The van der Waals surface area contributed by atoms with Gasteiger partial charge in [0.05, 0.1) is 11.0 Å². The standard InChI is InChI=1S/C12H12BrClF3NO/c1-11(2,6-14)10(19)18-9-4-7(12(15,16)17)3-8(13)5-9/h3-5H,6H2,1-2H3,(H,18,19). The van der Waals surface area contributed by atoms with E-state index in [0.717, 1.165) is 12.1 Å². The van der Waals surface area contributed by atoms with Crippen LogP contribution < -0.4 is 5.32 Å². The highest BCUT2D eigenvalue weighted by Crippen LogP contribution is 2.33. The number of carbonyl (C=O) groups is 1. The molecule has 0 aliphatic rings. The van der Waals surface area contributed by atoms with E-state index in [-0.39, 0.29) is 16.0 Å². The molecule has 106 valence electrons. The van der Waals surface area contributed by atoms with Gasteiger partial charge in [-0.1, -0.05) is 15.9 Å². The van der Waals surface area contributed by atoms with E-state index in [1.165, 1.54) is 6.07 Å². The maximum atomic E-state index is 12.6. The monoisotopic (exact) mass is 357 g/mol. The van der Waals surface area contributed by atoms with Crippen molar-refractivity contribution >= 4 is 39.1 Å². The Bertz CT molecular complexity index is 488. The average molecular weight is 359 g/mol. The molecule has 1 rings (SSSR count). The van der Waals surface area contributed by atoms with E-state index in [1.54, 1.807) is 13.8 Å². The summed E-state index contributed by atoms with van der Waals surface area (Å²) in [5, 5.41) is 2.43. The van der Waals surface area contributed by atoms with Crippen LogP contribution >= 0.6 is 27.5 Å². The number of alkyl halides is 4. The number of benzene rings is 1. The highest BCUT2D eigenvalue weighted by molar-refractivity contribution is 9.10. The fourth-order valence-electron chi connectivity index (χ4n) is 1.19. The van der Waals surface area contributed by atoms with Gasteiger partial charge in [0.15, 0.2) is 0 Å². The quantitative estimate of drug-likeness (QED) is 0.782. The van der Waals surface area contributed by atoms with E-state index < -0.39 is 23.1 Å². The smallest absolute Gasteiger partial charge is 0.326 e. The van der Waals surface area contributed by atoms with E-state index in [1.807, 2.05) is 0 Å². The third kappa shape index (κ3) is 4.38. The van der Waals surface area contributed by atoms with Crippen LogP contribution in [-0.4, -0.2) is 11.8 Å². The maximum Gasteiger partial charge on any atom is 0.416 e. The van der Waals surface area contributed by atoms with Crippen molar-refractivity contribution in [3.05, 3.63) is 28.2 Å². The first-order valence-corrected chi connectivity index (χ1v) is 6.64. The number of hydrogen-bond acceptors (Lipinski definition) is 1. The van der Waals surface area contributed by atoms with Gasteiger partial charge in [-0.3, -0.25) is 4.79 Å². The summed E-state index contributed by atoms with van der Waals surface area (Å²) in [6, 6.07) is 3.23. The molecule has 0 radical (unpaired) electrons. The molecule has 0 bridgehead atoms. The zero-order valence-electron chi connectivity index (χ0n) is 10.2. The second kappa shape index (κ2) is 5.71. The van der Waals surface area contributed by atoms with Gasteiger partial charge in [-0.15, -0.1) is 11.6 Å². The molecule has 0 aliphatic heterocycles. The number of carbonyl (C=O) groups excluding carboxylic acids is 1. The first-order valence-electron chi connectivity index (χ1n) is 5.31. The zero-order chi connectivity index (χ0) is 14.8. The molecule has 0 spiro atoms. The lowest BCUT2D eigenvalue weighted by molar-refractivity contribution is -0.137. The molecule has 1 N–H and O–H groups in total. The van der Waals surface area contributed by atoms with Crippen LogP contribution in [0.4, 0.5) is 18.9 Å². The van der Waals surface area contributed by atoms with Gasteiger partial charge >= 0.3 is 6.18 Å². The summed E-state index contributed by atoms with van der Waals surface area (Å²) in [5.41, 5.74) is -1.62. The predicted molar refractivity (Wildman–Crippen MR) is 72.3 cm³/mol. The molecule has 0 aliphatic carbocycles. The van der Waals surface area contributed by atoms with Crippen molar-refractivity contribution < 1.29 is 18.0 Å². The SMILES string of the molecule is CC(C)(CCl)C(=O)Nc1cc(Br)cc(C(F)(F)F)c1. The van der Waals surface area contributed by atoms with Gasteiger partial charge in [0.25, 0.3) is 0 Å². The van der Waals surface area contributed by atoms with Crippen LogP contribution in [0.3, 0.4) is 0 Å². The van der Waals surface area contributed by atoms with E-state index >= 15 is 0 Å². The molecule has 0 saturated carbocycles. The molecule has 0 atom stereocenters. The van der Waals surface area contributed by atoms with Gasteiger partial charge in [-0.2, -0.15) is 13.2 Å². The Morgan fingerprint density at radius 3 is 2.37 bits per heavy atom. The number of amides is 1. The van der Waals surface area contributed by atoms with Gasteiger partial charge < -0.3 is 5.32 Å². The lowest BCUT2D eigenvalue weighted by Crippen LogP contribution is -2.32. The van der Waals surface area contributed by atoms with Crippen molar-refractivity contribution in [2.24, 2.45) is 5.41 Å². The Hall–Kier alpha value is -0.750. The van der Waals surface area contributed by atoms with Gasteiger partial charge in [-0.25, -0.2) is 0 Å². The Morgan fingerprint density at radius 1 is 1.32 bits per heavy atom. The molecule has 1 amide bonds. The number of nitrogens with one attached hydrogen (secondary N) is 1. The molecule has 2 nitrogen and oxygen atoms in total. The van der Waals surface area contributed by atoms with Crippen molar-refractivity contribution in [2.45, 2.75) is 20.0 Å². The van der Waals surface area contributed by atoms with E-state index in [4.69, 9.17) is 11.6 Å². The molecule has 0 unspecified atom stereocenters. The minimum absolute atomic E-state index is 0.0684. The number of hydrogen-bond donors (Lipinski definition) is 1. The molecular formula is C12H12BrClF3NO. The lowest BCUT2D eigenvalue weighted by atomic mass is 9.95. The zero-order valence-corrected chi connectivity index (χ0v) is 12.6. The third-order valence-electron chi connectivity index (χ3n) is 2.43. The van der Waals surface area contributed by atoms with Crippen LogP contribution in [0.15, 0.2) is 22.7 Å². The van der Waals surface area contributed by atoms with Crippen molar-refractivity contribution in [3.8, 4) is 0 Å². The van der Waals surface area contributed by atoms with Gasteiger partial charge in [0, 0.05) is 16.0 Å². The lowest BCUT2D eigenvalue weighted by Gasteiger charge is -2.21. The van der Waals surface area contributed by atoms with E-state index in [0.29, 0.717) is 0 Å². The fraction of sp³-hybridized carbons (Fsp3) is 0.417. The second-order valence-electron chi connectivity index (χ2n) is 4.70. The summed E-state index contributed by atoms with van der Waals surface area (Å²) in [6.07, 6.45) is -4.47. The topological polar surface area (TPSA) is 29.1 Å². The molecule has 1 aromatic carbocycles. The summed E-state index contributed by atoms with van der Waals surface area (Å²) in [7, 11) is 0. The first-order chi connectivity index (χ1) is 8.56. The Kier molecular flexibility index (Phi) is 4.90. The Labute approximate surface area is 122 Å². The molecule has 19 heavy (non-hydrogen) atoms. The fourth-order valence-corrected chi connectivity index (χ4v) is 1.80. The minimum atomic E-state index is -4.47. The normalized spacial score (nSPS) is 12.4. The summed E-state index contributed by atoms with van der Waals surface area (Å²) < 4.78 is 38.1. The summed E-state index contributed by atoms with van der Waals surface area (Å²) >= 11 is 8.62.